The summed E-state index contributed by atoms with van der Waals surface area (Å²) in [7, 11) is 2.98. The van der Waals surface area contributed by atoms with Gasteiger partial charge in [-0.15, -0.1) is 0 Å². The molecule has 0 aliphatic carbocycles. The molecule has 0 spiro atoms. The van der Waals surface area contributed by atoms with Crippen molar-refractivity contribution >= 4 is 5.97 Å². The number of carbonyl (C=O) groups excluding carboxylic acids is 1. The average Bonchev–Trinajstić information content (AvgIpc) is 2.70. The minimum atomic E-state index is -0.318. The molecule has 0 fully saturated rings. The van der Waals surface area contributed by atoms with Crippen molar-refractivity contribution in [2.24, 2.45) is 0 Å². The lowest BCUT2D eigenvalue weighted by atomic mass is 10.1. The van der Waals surface area contributed by atoms with Gasteiger partial charge in [0.25, 0.3) is 0 Å². The molecule has 0 aliphatic rings. The molecule has 0 saturated heterocycles. The van der Waals surface area contributed by atoms with Crippen molar-refractivity contribution in [3.63, 3.8) is 0 Å². The zero-order chi connectivity index (χ0) is 19.1. The summed E-state index contributed by atoms with van der Waals surface area (Å²) in [6.07, 6.45) is 0.146. The molecular formula is C22H20O5. The second-order valence-corrected chi connectivity index (χ2v) is 5.72. The zero-order valence-electron chi connectivity index (χ0n) is 15.2. The number of hydrogen-bond donors (Lipinski definition) is 0. The maximum Gasteiger partial charge on any atom is 0.310 e. The fourth-order valence-corrected chi connectivity index (χ4v) is 2.51. The molecule has 0 aliphatic heterocycles. The van der Waals surface area contributed by atoms with Crippen LogP contribution in [0.25, 0.3) is 0 Å². The number of benzene rings is 3. The van der Waals surface area contributed by atoms with Crippen molar-refractivity contribution in [2.75, 3.05) is 14.2 Å². The first-order chi connectivity index (χ1) is 13.2. The molecule has 3 rings (SSSR count). The summed E-state index contributed by atoms with van der Waals surface area (Å²) < 4.78 is 21.8. The summed E-state index contributed by atoms with van der Waals surface area (Å²) in [4.78, 5) is 11.6. The van der Waals surface area contributed by atoms with Crippen molar-refractivity contribution in [1.82, 2.24) is 0 Å². The Labute approximate surface area is 158 Å². The largest absolute Gasteiger partial charge is 0.497 e. The fraction of sp³-hybridized carbons (Fsp3) is 0.136. The quantitative estimate of drug-likeness (QED) is 0.553. The maximum atomic E-state index is 11.6. The molecule has 0 heterocycles. The Bertz CT molecular complexity index is 920. The number of hydrogen-bond acceptors (Lipinski definition) is 5. The Morgan fingerprint density at radius 2 is 1.33 bits per heavy atom. The van der Waals surface area contributed by atoms with Crippen LogP contribution >= 0.6 is 0 Å². The number of esters is 1. The van der Waals surface area contributed by atoms with Gasteiger partial charge >= 0.3 is 5.97 Å². The van der Waals surface area contributed by atoms with E-state index in [1.54, 1.807) is 19.2 Å². The Balaban J connectivity index is 1.77. The third-order valence-electron chi connectivity index (χ3n) is 3.85. The number of para-hydroxylation sites is 1. The zero-order valence-corrected chi connectivity index (χ0v) is 15.2. The van der Waals surface area contributed by atoms with Crippen molar-refractivity contribution in [2.45, 2.75) is 6.42 Å². The van der Waals surface area contributed by atoms with Gasteiger partial charge < -0.3 is 18.9 Å². The molecular weight excluding hydrogens is 344 g/mol. The van der Waals surface area contributed by atoms with E-state index in [2.05, 4.69) is 0 Å². The summed E-state index contributed by atoms with van der Waals surface area (Å²) >= 11 is 0. The van der Waals surface area contributed by atoms with Crippen LogP contribution in [0.3, 0.4) is 0 Å². The standard InChI is InChI=1S/C22H20O5/c1-24-17-8-5-9-18(14-17)26-19-10-6-11-20(15-19)27-21-12-4-3-7-16(21)13-22(23)25-2/h3-12,14-15H,13H2,1-2H3. The third kappa shape index (κ3) is 5.01. The molecule has 5 nitrogen and oxygen atoms in total. The molecule has 0 saturated carbocycles. The summed E-state index contributed by atoms with van der Waals surface area (Å²) in [5.41, 5.74) is 0.753. The summed E-state index contributed by atoms with van der Waals surface area (Å²) in [6, 6.07) is 22.0. The Morgan fingerprint density at radius 1 is 0.741 bits per heavy atom. The van der Waals surface area contributed by atoms with Gasteiger partial charge in [-0.25, -0.2) is 0 Å². The van der Waals surface area contributed by atoms with Crippen LogP contribution in [-0.4, -0.2) is 20.2 Å². The van der Waals surface area contributed by atoms with Gasteiger partial charge in [-0.2, -0.15) is 0 Å². The topological polar surface area (TPSA) is 54.0 Å². The second-order valence-electron chi connectivity index (χ2n) is 5.72. The highest BCUT2D eigenvalue weighted by molar-refractivity contribution is 5.73. The minimum absolute atomic E-state index is 0.146. The Morgan fingerprint density at radius 3 is 2.00 bits per heavy atom. The van der Waals surface area contributed by atoms with Crippen LogP contribution in [0.1, 0.15) is 5.56 Å². The number of rotatable bonds is 7. The molecule has 0 amide bonds. The van der Waals surface area contributed by atoms with E-state index in [1.165, 1.54) is 7.11 Å². The van der Waals surface area contributed by atoms with Gasteiger partial charge in [0.05, 0.1) is 20.6 Å². The lowest BCUT2D eigenvalue weighted by Crippen LogP contribution is -2.05. The van der Waals surface area contributed by atoms with Crippen molar-refractivity contribution in [3.8, 4) is 28.7 Å². The molecule has 0 unspecified atom stereocenters. The van der Waals surface area contributed by atoms with Crippen molar-refractivity contribution in [3.05, 3.63) is 78.4 Å². The second kappa shape index (κ2) is 8.76. The van der Waals surface area contributed by atoms with E-state index in [-0.39, 0.29) is 12.4 Å². The first kappa shape index (κ1) is 18.3. The van der Waals surface area contributed by atoms with Gasteiger partial charge in [-0.3, -0.25) is 4.79 Å². The molecule has 0 radical (unpaired) electrons. The molecule has 0 atom stereocenters. The van der Waals surface area contributed by atoms with Gasteiger partial charge in [0, 0.05) is 17.7 Å². The lowest BCUT2D eigenvalue weighted by molar-refractivity contribution is -0.139. The van der Waals surface area contributed by atoms with E-state index in [9.17, 15) is 4.79 Å². The average molecular weight is 364 g/mol. The molecule has 5 heteroatoms. The summed E-state index contributed by atoms with van der Waals surface area (Å²) in [5.74, 6) is 2.90. The molecule has 0 bridgehead atoms. The molecule has 3 aromatic rings. The number of carbonyl (C=O) groups is 1. The van der Waals surface area contributed by atoms with E-state index in [4.69, 9.17) is 18.9 Å². The van der Waals surface area contributed by atoms with Crippen molar-refractivity contribution < 1.29 is 23.7 Å². The first-order valence-electron chi connectivity index (χ1n) is 8.42. The predicted octanol–water partition coefficient (Wildman–Crippen LogP) is 5.00. The number of methoxy groups -OCH3 is 2. The normalized spacial score (nSPS) is 10.1. The van der Waals surface area contributed by atoms with E-state index in [0.717, 1.165) is 11.3 Å². The summed E-state index contributed by atoms with van der Waals surface area (Å²) in [6.45, 7) is 0. The molecule has 138 valence electrons. The van der Waals surface area contributed by atoms with Crippen LogP contribution in [0.15, 0.2) is 72.8 Å². The highest BCUT2D eigenvalue weighted by Gasteiger charge is 2.10. The van der Waals surface area contributed by atoms with Crippen LogP contribution in [0.5, 0.6) is 28.7 Å². The van der Waals surface area contributed by atoms with E-state index in [1.807, 2.05) is 60.7 Å². The van der Waals surface area contributed by atoms with Gasteiger partial charge in [0.15, 0.2) is 0 Å². The van der Waals surface area contributed by atoms with Gasteiger partial charge in [0.1, 0.15) is 28.7 Å². The van der Waals surface area contributed by atoms with E-state index >= 15 is 0 Å². The highest BCUT2D eigenvalue weighted by Crippen LogP contribution is 2.31. The van der Waals surface area contributed by atoms with Gasteiger partial charge in [-0.05, 0) is 30.3 Å². The van der Waals surface area contributed by atoms with Gasteiger partial charge in [-0.1, -0.05) is 30.3 Å². The number of ether oxygens (including phenoxy) is 4. The maximum absolute atomic E-state index is 11.6. The SMILES string of the molecule is COC(=O)Cc1ccccc1Oc1cccc(Oc2cccc(OC)c2)c1. The first-order valence-corrected chi connectivity index (χ1v) is 8.42. The smallest absolute Gasteiger partial charge is 0.310 e. The van der Waals surface area contributed by atoms with Crippen LogP contribution < -0.4 is 14.2 Å². The van der Waals surface area contributed by atoms with Crippen LogP contribution in [0, 0.1) is 0 Å². The predicted molar refractivity (Wildman–Crippen MR) is 102 cm³/mol. The molecule has 3 aromatic carbocycles. The lowest BCUT2D eigenvalue weighted by Gasteiger charge is -2.12. The fourth-order valence-electron chi connectivity index (χ4n) is 2.51. The van der Waals surface area contributed by atoms with Gasteiger partial charge in [0.2, 0.25) is 0 Å². The Kier molecular flexibility index (Phi) is 5.94. The highest BCUT2D eigenvalue weighted by atomic mass is 16.5. The molecule has 0 aromatic heterocycles. The Hall–Kier alpha value is -3.47. The minimum Gasteiger partial charge on any atom is -0.497 e. The van der Waals surface area contributed by atoms with E-state index in [0.29, 0.717) is 23.0 Å². The van der Waals surface area contributed by atoms with Crippen LogP contribution in [0.2, 0.25) is 0 Å². The summed E-state index contributed by atoms with van der Waals surface area (Å²) in [5, 5.41) is 0. The van der Waals surface area contributed by atoms with Crippen LogP contribution in [-0.2, 0) is 16.0 Å². The van der Waals surface area contributed by atoms with E-state index < -0.39 is 0 Å². The van der Waals surface area contributed by atoms with Crippen molar-refractivity contribution in [1.29, 1.82) is 0 Å². The molecule has 0 N–H and O–H groups in total. The molecule has 27 heavy (non-hydrogen) atoms. The third-order valence-corrected chi connectivity index (χ3v) is 3.85. The monoisotopic (exact) mass is 364 g/mol. The van der Waals surface area contributed by atoms with Crippen LogP contribution in [0.4, 0.5) is 0 Å².